The number of ketones is 1. The van der Waals surface area contributed by atoms with Crippen LogP contribution in [0.3, 0.4) is 0 Å². The monoisotopic (exact) mass is 329 g/mol. The van der Waals surface area contributed by atoms with Crippen molar-refractivity contribution in [3.63, 3.8) is 0 Å². The van der Waals surface area contributed by atoms with Gasteiger partial charge in [-0.2, -0.15) is 0 Å². The highest BCUT2D eigenvalue weighted by atomic mass is 16.5. The standard InChI is InChI=1S/C20H27NO3/c1-20(2)12-17(22)18(20)21-19(23)24-13-14-8-10-16(11-9-14)15-6-4-3-5-7-15/h8-11,15,18H,3-7,12-13H2,1-2H3,(H,21,23)/t18-/m1/s1. The summed E-state index contributed by atoms with van der Waals surface area (Å²) in [5.74, 6) is 0.762. The molecule has 2 aliphatic rings. The van der Waals surface area contributed by atoms with E-state index in [2.05, 4.69) is 17.4 Å². The van der Waals surface area contributed by atoms with E-state index in [9.17, 15) is 9.59 Å². The molecule has 0 aromatic heterocycles. The average Bonchev–Trinajstić information content (AvgIpc) is 2.59. The molecular formula is C20H27NO3. The van der Waals surface area contributed by atoms with Gasteiger partial charge in [0.2, 0.25) is 0 Å². The van der Waals surface area contributed by atoms with Gasteiger partial charge in [0.25, 0.3) is 0 Å². The average molecular weight is 329 g/mol. The van der Waals surface area contributed by atoms with Crippen molar-refractivity contribution in [3.8, 4) is 0 Å². The molecule has 1 aromatic rings. The van der Waals surface area contributed by atoms with Crippen LogP contribution >= 0.6 is 0 Å². The summed E-state index contributed by atoms with van der Waals surface area (Å²) in [6.45, 7) is 4.19. The van der Waals surface area contributed by atoms with E-state index in [1.165, 1.54) is 37.7 Å². The fourth-order valence-corrected chi connectivity index (χ4v) is 3.86. The summed E-state index contributed by atoms with van der Waals surface area (Å²) >= 11 is 0. The van der Waals surface area contributed by atoms with Crippen molar-refractivity contribution < 1.29 is 14.3 Å². The number of nitrogens with one attached hydrogen (secondary N) is 1. The Morgan fingerprint density at radius 1 is 1.17 bits per heavy atom. The predicted octanol–water partition coefficient (Wildman–Crippen LogP) is 4.33. The number of carbonyl (C=O) groups excluding carboxylic acids is 2. The van der Waals surface area contributed by atoms with Gasteiger partial charge in [0.1, 0.15) is 6.61 Å². The lowest BCUT2D eigenvalue weighted by molar-refractivity contribution is -0.135. The lowest BCUT2D eigenvalue weighted by Gasteiger charge is -2.42. The summed E-state index contributed by atoms with van der Waals surface area (Å²) in [6.07, 6.45) is 6.57. The SMILES string of the molecule is CC1(C)CC(=O)[C@H]1NC(=O)OCc1ccc(C2CCCCC2)cc1. The molecule has 0 bridgehead atoms. The van der Waals surface area contributed by atoms with Crippen LogP contribution in [0.2, 0.25) is 0 Å². The molecule has 1 atom stereocenters. The zero-order valence-electron chi connectivity index (χ0n) is 14.6. The van der Waals surface area contributed by atoms with Gasteiger partial charge in [-0.05, 0) is 35.3 Å². The number of amides is 1. The minimum Gasteiger partial charge on any atom is -0.445 e. The fraction of sp³-hybridized carbons (Fsp3) is 0.600. The normalized spacial score (nSPS) is 23.4. The first-order valence-electron chi connectivity index (χ1n) is 9.00. The Bertz CT molecular complexity index is 600. The van der Waals surface area contributed by atoms with Crippen molar-refractivity contribution in [1.82, 2.24) is 5.32 Å². The summed E-state index contributed by atoms with van der Waals surface area (Å²) in [7, 11) is 0. The third-order valence-electron chi connectivity index (χ3n) is 5.42. The molecule has 1 aromatic carbocycles. The van der Waals surface area contributed by atoms with Crippen molar-refractivity contribution >= 4 is 11.9 Å². The van der Waals surface area contributed by atoms with Crippen LogP contribution in [0.15, 0.2) is 24.3 Å². The number of Topliss-reactive ketones (excluding diaryl/α,β-unsaturated/α-hetero) is 1. The highest BCUT2D eigenvalue weighted by Crippen LogP contribution is 2.37. The number of benzene rings is 1. The molecule has 0 aliphatic heterocycles. The van der Waals surface area contributed by atoms with Gasteiger partial charge in [-0.3, -0.25) is 4.79 Å². The Balaban J connectivity index is 1.48. The maximum absolute atomic E-state index is 11.9. The van der Waals surface area contributed by atoms with E-state index in [1.807, 2.05) is 26.0 Å². The van der Waals surface area contributed by atoms with Crippen molar-refractivity contribution in [1.29, 1.82) is 0 Å². The molecule has 2 aliphatic carbocycles. The van der Waals surface area contributed by atoms with Crippen LogP contribution in [-0.2, 0) is 16.1 Å². The molecule has 2 fully saturated rings. The maximum atomic E-state index is 11.9. The number of alkyl carbamates (subject to hydrolysis) is 1. The van der Waals surface area contributed by atoms with Gasteiger partial charge in [0, 0.05) is 6.42 Å². The quantitative estimate of drug-likeness (QED) is 0.894. The third-order valence-corrected chi connectivity index (χ3v) is 5.42. The van der Waals surface area contributed by atoms with Crippen LogP contribution < -0.4 is 5.32 Å². The van der Waals surface area contributed by atoms with Gasteiger partial charge in [-0.1, -0.05) is 57.4 Å². The number of ether oxygens (including phenoxy) is 1. The first kappa shape index (κ1) is 17.0. The minimum atomic E-state index is -0.516. The summed E-state index contributed by atoms with van der Waals surface area (Å²) in [4.78, 5) is 23.5. The summed E-state index contributed by atoms with van der Waals surface area (Å²) < 4.78 is 5.26. The molecule has 0 spiro atoms. The summed E-state index contributed by atoms with van der Waals surface area (Å²) in [5, 5.41) is 2.68. The molecule has 0 unspecified atom stereocenters. The first-order valence-corrected chi connectivity index (χ1v) is 9.00. The van der Waals surface area contributed by atoms with Crippen LogP contribution in [0.5, 0.6) is 0 Å². The molecule has 0 radical (unpaired) electrons. The van der Waals surface area contributed by atoms with Gasteiger partial charge in [-0.15, -0.1) is 0 Å². The topological polar surface area (TPSA) is 55.4 Å². The molecule has 2 saturated carbocycles. The summed E-state index contributed by atoms with van der Waals surface area (Å²) in [5.41, 5.74) is 2.20. The number of hydrogen-bond donors (Lipinski definition) is 1. The van der Waals surface area contributed by atoms with Crippen molar-refractivity contribution in [2.24, 2.45) is 5.41 Å². The molecule has 130 valence electrons. The molecule has 1 N–H and O–H groups in total. The van der Waals surface area contributed by atoms with Crippen molar-refractivity contribution in [3.05, 3.63) is 35.4 Å². The smallest absolute Gasteiger partial charge is 0.408 e. The van der Waals surface area contributed by atoms with Crippen LogP contribution in [0.4, 0.5) is 4.79 Å². The lowest BCUT2D eigenvalue weighted by Crippen LogP contribution is -2.59. The molecule has 4 nitrogen and oxygen atoms in total. The van der Waals surface area contributed by atoms with E-state index in [-0.39, 0.29) is 17.8 Å². The number of hydrogen-bond acceptors (Lipinski definition) is 3. The Morgan fingerprint density at radius 2 is 1.83 bits per heavy atom. The molecular weight excluding hydrogens is 302 g/mol. The van der Waals surface area contributed by atoms with Crippen molar-refractivity contribution in [2.45, 2.75) is 70.9 Å². The molecule has 0 saturated heterocycles. The van der Waals surface area contributed by atoms with E-state index >= 15 is 0 Å². The Labute approximate surface area is 144 Å². The van der Waals surface area contributed by atoms with E-state index in [1.54, 1.807) is 0 Å². The summed E-state index contributed by atoms with van der Waals surface area (Å²) in [6, 6.07) is 7.97. The Morgan fingerprint density at radius 3 is 2.42 bits per heavy atom. The van der Waals surface area contributed by atoms with E-state index in [4.69, 9.17) is 4.74 Å². The zero-order chi connectivity index (χ0) is 17.2. The maximum Gasteiger partial charge on any atom is 0.408 e. The predicted molar refractivity (Wildman–Crippen MR) is 92.8 cm³/mol. The van der Waals surface area contributed by atoms with E-state index < -0.39 is 12.1 Å². The van der Waals surface area contributed by atoms with Gasteiger partial charge in [0.15, 0.2) is 5.78 Å². The van der Waals surface area contributed by atoms with Gasteiger partial charge < -0.3 is 10.1 Å². The van der Waals surface area contributed by atoms with E-state index in [0.717, 1.165) is 5.56 Å². The van der Waals surface area contributed by atoms with Crippen LogP contribution in [0.1, 0.15) is 69.4 Å². The second-order valence-electron chi connectivity index (χ2n) is 7.86. The largest absolute Gasteiger partial charge is 0.445 e. The lowest BCUT2D eigenvalue weighted by atomic mass is 9.66. The highest BCUT2D eigenvalue weighted by Gasteiger charge is 2.47. The van der Waals surface area contributed by atoms with Gasteiger partial charge >= 0.3 is 6.09 Å². The van der Waals surface area contributed by atoms with Crippen LogP contribution in [-0.4, -0.2) is 17.9 Å². The highest BCUT2D eigenvalue weighted by molar-refractivity contribution is 5.94. The Hall–Kier alpha value is -1.84. The van der Waals surface area contributed by atoms with Gasteiger partial charge in [0.05, 0.1) is 6.04 Å². The van der Waals surface area contributed by atoms with E-state index in [0.29, 0.717) is 12.3 Å². The third kappa shape index (κ3) is 3.80. The van der Waals surface area contributed by atoms with Gasteiger partial charge in [-0.25, -0.2) is 4.79 Å². The second-order valence-corrected chi connectivity index (χ2v) is 7.86. The second kappa shape index (κ2) is 6.96. The van der Waals surface area contributed by atoms with Crippen LogP contribution in [0.25, 0.3) is 0 Å². The number of carbonyl (C=O) groups is 2. The van der Waals surface area contributed by atoms with Crippen molar-refractivity contribution in [2.75, 3.05) is 0 Å². The zero-order valence-corrected chi connectivity index (χ0v) is 14.6. The molecule has 3 rings (SSSR count). The molecule has 4 heteroatoms. The fourth-order valence-electron chi connectivity index (χ4n) is 3.86. The number of rotatable bonds is 4. The molecule has 1 amide bonds. The molecule has 0 heterocycles. The first-order chi connectivity index (χ1) is 11.5. The Kier molecular flexibility index (Phi) is 4.93. The molecule has 24 heavy (non-hydrogen) atoms. The minimum absolute atomic E-state index is 0.0776. The van der Waals surface area contributed by atoms with Crippen LogP contribution in [0, 0.1) is 5.41 Å².